The van der Waals surface area contributed by atoms with E-state index < -0.39 is 0 Å². The molecule has 1 N–H and O–H groups in total. The smallest absolute Gasteiger partial charge is 0.144 e. The van der Waals surface area contributed by atoms with Crippen molar-refractivity contribution in [3.63, 3.8) is 0 Å². The standard InChI is InChI=1S/C14H19N3/c1-10(2)9-16-14-12(8-15)7-11-5-3-4-6-13(11)17-14/h7,10H,3-6,9H2,1-2H3,(H,16,17). The summed E-state index contributed by atoms with van der Waals surface area (Å²) < 4.78 is 0. The van der Waals surface area contributed by atoms with E-state index in [-0.39, 0.29) is 0 Å². The molecule has 1 aliphatic carbocycles. The van der Waals surface area contributed by atoms with Crippen molar-refractivity contribution in [1.29, 1.82) is 5.26 Å². The molecule has 90 valence electrons. The van der Waals surface area contributed by atoms with Crippen molar-refractivity contribution in [2.45, 2.75) is 39.5 Å². The molecular formula is C14H19N3. The van der Waals surface area contributed by atoms with E-state index in [0.717, 1.165) is 25.2 Å². The summed E-state index contributed by atoms with van der Waals surface area (Å²) in [7, 11) is 0. The summed E-state index contributed by atoms with van der Waals surface area (Å²) in [5.41, 5.74) is 3.13. The second-order valence-corrected chi connectivity index (χ2v) is 5.08. The van der Waals surface area contributed by atoms with Crippen LogP contribution in [-0.4, -0.2) is 11.5 Å². The summed E-state index contributed by atoms with van der Waals surface area (Å²) in [5, 5.41) is 12.4. The van der Waals surface area contributed by atoms with E-state index in [1.807, 2.05) is 6.07 Å². The first-order valence-corrected chi connectivity index (χ1v) is 6.37. The lowest BCUT2D eigenvalue weighted by molar-refractivity contribution is 0.663. The van der Waals surface area contributed by atoms with Gasteiger partial charge in [-0.1, -0.05) is 13.8 Å². The minimum Gasteiger partial charge on any atom is -0.369 e. The monoisotopic (exact) mass is 229 g/mol. The zero-order valence-electron chi connectivity index (χ0n) is 10.6. The van der Waals surface area contributed by atoms with Crippen LogP contribution in [0.15, 0.2) is 6.07 Å². The summed E-state index contributed by atoms with van der Waals surface area (Å²) in [5.74, 6) is 1.32. The molecule has 0 saturated carbocycles. The molecular weight excluding hydrogens is 210 g/mol. The molecule has 1 aliphatic rings. The quantitative estimate of drug-likeness (QED) is 0.867. The Kier molecular flexibility index (Phi) is 3.63. The number of hydrogen-bond acceptors (Lipinski definition) is 3. The van der Waals surface area contributed by atoms with E-state index in [1.54, 1.807) is 0 Å². The Balaban J connectivity index is 2.27. The molecule has 0 atom stereocenters. The highest BCUT2D eigenvalue weighted by atomic mass is 15.0. The van der Waals surface area contributed by atoms with Crippen molar-refractivity contribution in [1.82, 2.24) is 4.98 Å². The molecule has 0 bridgehead atoms. The summed E-state index contributed by atoms with van der Waals surface area (Å²) >= 11 is 0. The van der Waals surface area contributed by atoms with E-state index in [1.165, 1.54) is 24.1 Å². The van der Waals surface area contributed by atoms with Gasteiger partial charge in [-0.3, -0.25) is 0 Å². The van der Waals surface area contributed by atoms with E-state index in [9.17, 15) is 0 Å². The number of hydrogen-bond donors (Lipinski definition) is 1. The van der Waals surface area contributed by atoms with Crippen LogP contribution in [0.2, 0.25) is 0 Å². The van der Waals surface area contributed by atoms with Crippen molar-refractivity contribution in [3.8, 4) is 6.07 Å². The van der Waals surface area contributed by atoms with Crippen molar-refractivity contribution in [2.75, 3.05) is 11.9 Å². The van der Waals surface area contributed by atoms with Gasteiger partial charge < -0.3 is 5.32 Å². The Bertz CT molecular complexity index is 444. The number of pyridine rings is 1. The third-order valence-corrected chi connectivity index (χ3v) is 3.10. The molecule has 1 aromatic heterocycles. The van der Waals surface area contributed by atoms with Crippen LogP contribution < -0.4 is 5.32 Å². The third kappa shape index (κ3) is 2.76. The van der Waals surface area contributed by atoms with E-state index in [0.29, 0.717) is 11.5 Å². The second kappa shape index (κ2) is 5.18. The van der Waals surface area contributed by atoms with Gasteiger partial charge in [0.25, 0.3) is 0 Å². The molecule has 3 heteroatoms. The first-order valence-electron chi connectivity index (χ1n) is 6.37. The minimum absolute atomic E-state index is 0.555. The molecule has 17 heavy (non-hydrogen) atoms. The fraction of sp³-hybridized carbons (Fsp3) is 0.571. The molecule has 0 aromatic carbocycles. The van der Waals surface area contributed by atoms with E-state index in [2.05, 4.69) is 30.2 Å². The van der Waals surface area contributed by atoms with Gasteiger partial charge in [-0.2, -0.15) is 5.26 Å². The highest BCUT2D eigenvalue weighted by Crippen LogP contribution is 2.24. The number of fused-ring (bicyclic) bond motifs is 1. The number of rotatable bonds is 3. The summed E-state index contributed by atoms with van der Waals surface area (Å²) in [6, 6.07) is 4.26. The maximum absolute atomic E-state index is 9.16. The van der Waals surface area contributed by atoms with Crippen molar-refractivity contribution < 1.29 is 0 Å². The largest absolute Gasteiger partial charge is 0.369 e. The van der Waals surface area contributed by atoms with Crippen LogP contribution in [0.25, 0.3) is 0 Å². The Morgan fingerprint density at radius 3 is 2.88 bits per heavy atom. The zero-order chi connectivity index (χ0) is 12.3. The lowest BCUT2D eigenvalue weighted by atomic mass is 9.95. The number of anilines is 1. The Labute approximate surface area is 103 Å². The Morgan fingerprint density at radius 1 is 1.41 bits per heavy atom. The molecule has 1 heterocycles. The lowest BCUT2D eigenvalue weighted by Crippen LogP contribution is -2.14. The van der Waals surface area contributed by atoms with Crippen LogP contribution in [0, 0.1) is 17.2 Å². The van der Waals surface area contributed by atoms with Crippen molar-refractivity contribution in [2.24, 2.45) is 5.92 Å². The van der Waals surface area contributed by atoms with E-state index in [4.69, 9.17) is 5.26 Å². The summed E-state index contributed by atoms with van der Waals surface area (Å²) in [6.45, 7) is 5.16. The van der Waals surface area contributed by atoms with Gasteiger partial charge in [0.2, 0.25) is 0 Å². The van der Waals surface area contributed by atoms with Crippen molar-refractivity contribution >= 4 is 5.82 Å². The molecule has 1 aromatic rings. The third-order valence-electron chi connectivity index (χ3n) is 3.10. The zero-order valence-corrected chi connectivity index (χ0v) is 10.6. The highest BCUT2D eigenvalue weighted by Gasteiger charge is 2.14. The van der Waals surface area contributed by atoms with Crippen LogP contribution in [-0.2, 0) is 12.8 Å². The fourth-order valence-electron chi connectivity index (χ4n) is 2.15. The number of nitrogens with one attached hydrogen (secondary N) is 1. The van der Waals surface area contributed by atoms with Gasteiger partial charge in [0.05, 0.1) is 5.56 Å². The molecule has 0 aliphatic heterocycles. The minimum atomic E-state index is 0.555. The fourth-order valence-corrected chi connectivity index (χ4v) is 2.15. The summed E-state index contributed by atoms with van der Waals surface area (Å²) in [6.07, 6.45) is 4.56. The number of nitriles is 1. The molecule has 3 nitrogen and oxygen atoms in total. The first-order chi connectivity index (χ1) is 8.20. The van der Waals surface area contributed by atoms with Gasteiger partial charge in [0.15, 0.2) is 0 Å². The first kappa shape index (κ1) is 11.9. The van der Waals surface area contributed by atoms with Crippen LogP contribution in [0.4, 0.5) is 5.82 Å². The number of nitrogens with zero attached hydrogens (tertiary/aromatic N) is 2. The summed E-state index contributed by atoms with van der Waals surface area (Å²) in [4.78, 5) is 4.62. The molecule has 0 saturated heterocycles. The molecule has 2 rings (SSSR count). The van der Waals surface area contributed by atoms with E-state index >= 15 is 0 Å². The van der Waals surface area contributed by atoms with Gasteiger partial charge >= 0.3 is 0 Å². The SMILES string of the molecule is CC(C)CNc1nc2c(cc1C#N)CCCC2. The van der Waals surface area contributed by atoms with Crippen LogP contribution >= 0.6 is 0 Å². The topological polar surface area (TPSA) is 48.7 Å². The van der Waals surface area contributed by atoms with Crippen LogP contribution in [0.5, 0.6) is 0 Å². The maximum Gasteiger partial charge on any atom is 0.144 e. The average molecular weight is 229 g/mol. The van der Waals surface area contributed by atoms with Crippen LogP contribution in [0.3, 0.4) is 0 Å². The van der Waals surface area contributed by atoms with Gasteiger partial charge in [-0.15, -0.1) is 0 Å². The number of aryl methyl sites for hydroxylation is 2. The van der Waals surface area contributed by atoms with Crippen molar-refractivity contribution in [3.05, 3.63) is 22.9 Å². The molecule has 0 fully saturated rings. The number of aromatic nitrogens is 1. The Hall–Kier alpha value is -1.56. The molecule has 0 spiro atoms. The predicted molar refractivity (Wildman–Crippen MR) is 68.9 cm³/mol. The van der Waals surface area contributed by atoms with Crippen LogP contribution in [0.1, 0.15) is 43.5 Å². The second-order valence-electron chi connectivity index (χ2n) is 5.08. The predicted octanol–water partition coefficient (Wildman–Crippen LogP) is 2.90. The Morgan fingerprint density at radius 2 is 2.18 bits per heavy atom. The molecule has 0 amide bonds. The lowest BCUT2D eigenvalue weighted by Gasteiger charge is -2.17. The maximum atomic E-state index is 9.16. The van der Waals surface area contributed by atoms with Gasteiger partial charge in [0.1, 0.15) is 11.9 Å². The average Bonchev–Trinajstić information content (AvgIpc) is 2.35. The molecule has 0 unspecified atom stereocenters. The molecule has 0 radical (unpaired) electrons. The van der Waals surface area contributed by atoms with Gasteiger partial charge in [0, 0.05) is 12.2 Å². The normalized spacial score (nSPS) is 14.2. The van der Waals surface area contributed by atoms with Gasteiger partial charge in [-0.05, 0) is 43.2 Å². The highest BCUT2D eigenvalue weighted by molar-refractivity contribution is 5.54. The van der Waals surface area contributed by atoms with Gasteiger partial charge in [-0.25, -0.2) is 4.98 Å².